The average molecular weight is 440 g/mol. The Bertz CT molecular complexity index is 757. The first-order valence-electron chi connectivity index (χ1n) is 9.51. The SMILES string of the molecule is Cn1nccc1C(F)(F)C(=O)N1CCC2(CCCC2CN)CC1.O=C(O)C(F)(F)F. The third kappa shape index (κ3) is 4.90. The van der Waals surface area contributed by atoms with Gasteiger partial charge in [-0.1, -0.05) is 6.42 Å². The number of nitrogens with two attached hydrogens (primary N) is 1. The van der Waals surface area contributed by atoms with Gasteiger partial charge in [0.15, 0.2) is 0 Å². The fourth-order valence-corrected chi connectivity index (χ4v) is 4.38. The van der Waals surface area contributed by atoms with E-state index in [0.717, 1.165) is 36.8 Å². The van der Waals surface area contributed by atoms with Gasteiger partial charge in [0.2, 0.25) is 0 Å². The largest absolute Gasteiger partial charge is 0.490 e. The Kier molecular flexibility index (Phi) is 7.10. The Labute approximate surface area is 170 Å². The van der Waals surface area contributed by atoms with E-state index in [-0.39, 0.29) is 11.1 Å². The van der Waals surface area contributed by atoms with Gasteiger partial charge in [-0.2, -0.15) is 27.1 Å². The number of halogens is 5. The van der Waals surface area contributed by atoms with E-state index >= 15 is 0 Å². The van der Waals surface area contributed by atoms with Crippen molar-refractivity contribution < 1.29 is 36.6 Å². The summed E-state index contributed by atoms with van der Waals surface area (Å²) in [5, 5.41) is 10.9. The van der Waals surface area contributed by atoms with Crippen molar-refractivity contribution in [3.05, 3.63) is 18.0 Å². The zero-order valence-corrected chi connectivity index (χ0v) is 16.5. The molecule has 30 heavy (non-hydrogen) atoms. The third-order valence-electron chi connectivity index (χ3n) is 6.08. The van der Waals surface area contributed by atoms with Gasteiger partial charge in [-0.15, -0.1) is 0 Å². The van der Waals surface area contributed by atoms with Crippen molar-refractivity contribution in [1.29, 1.82) is 0 Å². The van der Waals surface area contributed by atoms with E-state index in [0.29, 0.717) is 25.6 Å². The van der Waals surface area contributed by atoms with Crippen molar-refractivity contribution >= 4 is 11.9 Å². The fourth-order valence-electron chi connectivity index (χ4n) is 4.38. The number of amides is 1. The van der Waals surface area contributed by atoms with Crippen LogP contribution in [0.2, 0.25) is 0 Å². The van der Waals surface area contributed by atoms with E-state index in [4.69, 9.17) is 15.6 Å². The molecule has 170 valence electrons. The molecule has 1 saturated carbocycles. The third-order valence-corrected chi connectivity index (χ3v) is 6.08. The maximum atomic E-state index is 14.5. The van der Waals surface area contributed by atoms with Gasteiger partial charge in [-0.05, 0) is 49.6 Å². The number of piperidine rings is 1. The van der Waals surface area contributed by atoms with E-state index in [1.165, 1.54) is 24.2 Å². The lowest BCUT2D eigenvalue weighted by Gasteiger charge is -2.43. The Hall–Kier alpha value is -2.24. The van der Waals surface area contributed by atoms with E-state index in [9.17, 15) is 26.7 Å². The molecule has 7 nitrogen and oxygen atoms in total. The number of aryl methyl sites for hydroxylation is 1. The maximum Gasteiger partial charge on any atom is 0.490 e. The number of carboxylic acid groups (broad SMARTS) is 1. The summed E-state index contributed by atoms with van der Waals surface area (Å²) in [6.45, 7) is 1.44. The zero-order valence-electron chi connectivity index (χ0n) is 16.5. The van der Waals surface area contributed by atoms with Gasteiger partial charge in [-0.3, -0.25) is 9.48 Å². The normalized spacial score (nSPS) is 21.3. The van der Waals surface area contributed by atoms with Crippen LogP contribution in [0.1, 0.15) is 37.8 Å². The lowest BCUT2D eigenvalue weighted by Crippen LogP contribution is -2.50. The van der Waals surface area contributed by atoms with E-state index in [2.05, 4.69) is 5.10 Å². The minimum Gasteiger partial charge on any atom is -0.475 e. The molecule has 1 amide bonds. The predicted molar refractivity (Wildman–Crippen MR) is 95.4 cm³/mol. The highest BCUT2D eigenvalue weighted by Gasteiger charge is 2.50. The molecule has 2 aliphatic rings. The number of carboxylic acids is 1. The van der Waals surface area contributed by atoms with Crippen molar-refractivity contribution in [2.75, 3.05) is 19.6 Å². The van der Waals surface area contributed by atoms with Crippen molar-refractivity contribution in [3.8, 4) is 0 Å². The molecule has 1 spiro atoms. The smallest absolute Gasteiger partial charge is 0.475 e. The zero-order chi connectivity index (χ0) is 22.7. The number of hydrogen-bond donors (Lipinski definition) is 2. The number of aliphatic carboxylic acids is 1. The molecule has 1 aromatic rings. The van der Waals surface area contributed by atoms with Crippen LogP contribution < -0.4 is 5.73 Å². The second kappa shape index (κ2) is 8.86. The van der Waals surface area contributed by atoms with Gasteiger partial charge in [-0.25, -0.2) is 4.79 Å². The predicted octanol–water partition coefficient (Wildman–Crippen LogP) is 2.51. The molecule has 1 aliphatic carbocycles. The van der Waals surface area contributed by atoms with Gasteiger partial charge >= 0.3 is 18.1 Å². The Morgan fingerprint density at radius 3 is 2.23 bits per heavy atom. The van der Waals surface area contributed by atoms with E-state index < -0.39 is 24.0 Å². The van der Waals surface area contributed by atoms with Gasteiger partial charge in [0.25, 0.3) is 5.91 Å². The van der Waals surface area contributed by atoms with E-state index in [1.807, 2.05) is 0 Å². The number of hydrogen-bond acceptors (Lipinski definition) is 4. The number of aromatic nitrogens is 2. The van der Waals surface area contributed by atoms with Crippen molar-refractivity contribution in [3.63, 3.8) is 0 Å². The Morgan fingerprint density at radius 2 is 1.80 bits per heavy atom. The highest BCUT2D eigenvalue weighted by molar-refractivity contribution is 5.84. The number of carbonyl (C=O) groups excluding carboxylic acids is 1. The molecule has 0 radical (unpaired) electrons. The minimum atomic E-state index is -5.08. The number of nitrogens with zero attached hydrogens (tertiary/aromatic N) is 3. The average Bonchev–Trinajstić information content (AvgIpc) is 3.28. The van der Waals surface area contributed by atoms with Crippen molar-refractivity contribution in [1.82, 2.24) is 14.7 Å². The van der Waals surface area contributed by atoms with Gasteiger partial charge in [0.05, 0.1) is 0 Å². The molecule has 1 saturated heterocycles. The van der Waals surface area contributed by atoms with Gasteiger partial charge < -0.3 is 15.7 Å². The fraction of sp³-hybridized carbons (Fsp3) is 0.722. The van der Waals surface area contributed by atoms with Crippen LogP contribution in [0.25, 0.3) is 0 Å². The number of carbonyl (C=O) groups is 2. The molecule has 3 N–H and O–H groups in total. The summed E-state index contributed by atoms with van der Waals surface area (Å²) in [5.74, 6) is -6.93. The van der Waals surface area contributed by atoms with E-state index in [1.54, 1.807) is 0 Å². The first kappa shape index (κ1) is 24.0. The summed E-state index contributed by atoms with van der Waals surface area (Å²) in [7, 11) is 1.42. The Morgan fingerprint density at radius 1 is 1.23 bits per heavy atom. The molecule has 1 unspecified atom stereocenters. The van der Waals surface area contributed by atoms with Crippen LogP contribution in [0, 0.1) is 11.3 Å². The van der Waals surface area contributed by atoms with Crippen LogP contribution in [0.15, 0.2) is 12.3 Å². The lowest BCUT2D eigenvalue weighted by atomic mass is 9.70. The van der Waals surface area contributed by atoms with Crippen molar-refractivity contribution in [2.45, 2.75) is 44.2 Å². The first-order chi connectivity index (χ1) is 13.8. The Balaban J connectivity index is 0.000000396. The van der Waals surface area contributed by atoms with Crippen LogP contribution in [0.4, 0.5) is 22.0 Å². The highest BCUT2D eigenvalue weighted by atomic mass is 19.4. The summed E-state index contributed by atoms with van der Waals surface area (Å²) >= 11 is 0. The summed E-state index contributed by atoms with van der Waals surface area (Å²) in [4.78, 5) is 22.5. The maximum absolute atomic E-state index is 14.5. The second-order valence-electron chi connectivity index (χ2n) is 7.70. The number of rotatable bonds is 3. The molecule has 1 atom stereocenters. The summed E-state index contributed by atoms with van der Waals surface area (Å²) in [6, 6.07) is 1.20. The summed E-state index contributed by atoms with van der Waals surface area (Å²) in [6.07, 6.45) is 1.14. The van der Waals surface area contributed by atoms with Crippen LogP contribution in [-0.2, 0) is 22.6 Å². The monoisotopic (exact) mass is 440 g/mol. The molecule has 2 heterocycles. The van der Waals surface area contributed by atoms with Crippen molar-refractivity contribution in [2.24, 2.45) is 24.1 Å². The molecular formula is C18H25F5N4O3. The summed E-state index contributed by atoms with van der Waals surface area (Å²) < 4.78 is 61.7. The molecule has 0 bridgehead atoms. The van der Waals surface area contributed by atoms with Crippen LogP contribution in [0.3, 0.4) is 0 Å². The molecule has 1 aliphatic heterocycles. The summed E-state index contributed by atoms with van der Waals surface area (Å²) in [5.41, 5.74) is 5.68. The molecular weight excluding hydrogens is 415 g/mol. The highest BCUT2D eigenvalue weighted by Crippen LogP contribution is 2.50. The molecule has 0 aromatic carbocycles. The van der Waals surface area contributed by atoms with Crippen LogP contribution in [0.5, 0.6) is 0 Å². The standard InChI is InChI=1S/C16H24F2N4O.C2HF3O2/c1-21-13(4-8-20-21)16(17,18)14(23)22-9-6-15(7-10-22)5-2-3-12(15)11-19;3-2(4,5)1(6)7/h4,8,12H,2-3,5-7,9-11,19H2,1H3;(H,6,7). The molecule has 12 heteroatoms. The lowest BCUT2D eigenvalue weighted by molar-refractivity contribution is -0.192. The first-order valence-corrected chi connectivity index (χ1v) is 9.51. The second-order valence-corrected chi connectivity index (χ2v) is 7.70. The minimum absolute atomic E-state index is 0.160. The van der Waals surface area contributed by atoms with Gasteiger partial charge in [0.1, 0.15) is 5.69 Å². The quantitative estimate of drug-likeness (QED) is 0.704. The number of alkyl halides is 5. The molecule has 1 aromatic heterocycles. The topological polar surface area (TPSA) is 101 Å². The van der Waals surface area contributed by atoms with Crippen LogP contribution >= 0.6 is 0 Å². The van der Waals surface area contributed by atoms with Gasteiger partial charge in [0, 0.05) is 26.3 Å². The number of likely N-dealkylation sites (tertiary alicyclic amines) is 1. The molecule has 3 rings (SSSR count). The molecule has 2 fully saturated rings. The van der Waals surface area contributed by atoms with Crippen LogP contribution in [-0.4, -0.2) is 57.5 Å².